The molecule has 0 radical (unpaired) electrons. The molecular formula is C24H35N6O18P3. The van der Waals surface area contributed by atoms with Crippen LogP contribution >= 0.6 is 23.5 Å². The van der Waals surface area contributed by atoms with E-state index >= 15 is 0 Å². The van der Waals surface area contributed by atoms with Crippen LogP contribution in [0.1, 0.15) is 12.8 Å². The number of aliphatic hydroxyl groups excluding tert-OH is 4. The van der Waals surface area contributed by atoms with Crippen LogP contribution in [0.15, 0.2) is 34.1 Å². The van der Waals surface area contributed by atoms with Crippen LogP contribution in [0.3, 0.4) is 0 Å². The Balaban J connectivity index is 1.04. The van der Waals surface area contributed by atoms with Crippen LogP contribution in [0.25, 0.3) is 0 Å². The maximum absolute atomic E-state index is 12.6. The monoisotopic (exact) mass is 788 g/mol. The smallest absolute Gasteiger partial charge is 0.390 e. The number of rotatable bonds is 16. The van der Waals surface area contributed by atoms with Crippen LogP contribution in [0.4, 0.5) is 11.6 Å². The molecule has 0 aliphatic heterocycles. The lowest BCUT2D eigenvalue weighted by molar-refractivity contribution is -0.0285. The predicted molar refractivity (Wildman–Crippen MR) is 165 cm³/mol. The summed E-state index contributed by atoms with van der Waals surface area (Å²) >= 11 is 0. The first-order valence-electron chi connectivity index (χ1n) is 15.0. The number of anilines is 2. The van der Waals surface area contributed by atoms with Gasteiger partial charge in [-0.2, -0.15) is 18.6 Å². The quantitative estimate of drug-likeness (QED) is 0.0653. The first kappa shape index (κ1) is 38.3. The minimum Gasteiger partial charge on any atom is -0.390 e. The molecule has 4 aliphatic carbocycles. The molecule has 0 aromatic carbocycles. The molecule has 2 unspecified atom stereocenters. The van der Waals surface area contributed by atoms with Gasteiger partial charge in [-0.25, -0.2) is 34.2 Å². The second-order valence-electron chi connectivity index (χ2n) is 12.5. The molecule has 51 heavy (non-hydrogen) atoms. The maximum atomic E-state index is 12.6. The molecular weight excluding hydrogens is 753 g/mol. The third-order valence-corrected chi connectivity index (χ3v) is 14.1. The summed E-state index contributed by atoms with van der Waals surface area (Å²) in [6.07, 6.45) is -3.41. The van der Waals surface area contributed by atoms with E-state index in [4.69, 9.17) is 18.7 Å². The summed E-state index contributed by atoms with van der Waals surface area (Å²) in [5.41, 5.74) is 0.478. The molecule has 284 valence electrons. The fourth-order valence-electron chi connectivity index (χ4n) is 7.56. The summed E-state index contributed by atoms with van der Waals surface area (Å²) in [6, 6.07) is 2.74. The number of nitrogens with one attached hydrogen (secondary N) is 2. The molecule has 0 bridgehead atoms. The van der Waals surface area contributed by atoms with Crippen LogP contribution < -0.4 is 22.3 Å². The Labute approximate surface area is 286 Å². The number of nitrogens with zero attached hydrogens (tertiary/aromatic N) is 4. The molecule has 12 atom stereocenters. The van der Waals surface area contributed by atoms with E-state index in [9.17, 15) is 58.4 Å². The second kappa shape index (κ2) is 13.4. The summed E-state index contributed by atoms with van der Waals surface area (Å²) < 4.78 is 57.7. The normalized spacial score (nSPS) is 37.0. The Morgan fingerprint density at radius 2 is 1.10 bits per heavy atom. The van der Waals surface area contributed by atoms with E-state index in [2.05, 4.69) is 29.5 Å². The highest BCUT2D eigenvalue weighted by Crippen LogP contribution is 2.70. The molecule has 0 saturated heterocycles. The third kappa shape index (κ3) is 6.90. The van der Waals surface area contributed by atoms with Gasteiger partial charge in [0.2, 0.25) is 0 Å². The Morgan fingerprint density at radius 3 is 1.43 bits per heavy atom. The van der Waals surface area contributed by atoms with E-state index in [0.717, 1.165) is 9.13 Å². The lowest BCUT2D eigenvalue weighted by atomic mass is 10.0. The molecule has 4 saturated carbocycles. The van der Waals surface area contributed by atoms with Gasteiger partial charge in [-0.1, -0.05) is 0 Å². The number of fused-ring (bicyclic) bond motifs is 2. The van der Waals surface area contributed by atoms with Crippen molar-refractivity contribution in [3.8, 4) is 0 Å². The zero-order valence-electron chi connectivity index (χ0n) is 26.5. The lowest BCUT2D eigenvalue weighted by Crippen LogP contribution is -2.43. The van der Waals surface area contributed by atoms with Crippen molar-refractivity contribution in [3.05, 3.63) is 45.5 Å². The number of aromatic nitrogens is 4. The Morgan fingerprint density at radius 1 is 0.725 bits per heavy atom. The fraction of sp³-hybridized carbons (Fsp3) is 0.667. The fourth-order valence-corrected chi connectivity index (χ4v) is 11.1. The summed E-state index contributed by atoms with van der Waals surface area (Å²) in [5, 5.41) is 42.9. The van der Waals surface area contributed by atoms with Crippen LogP contribution in [-0.4, -0.2) is 106 Å². The lowest BCUT2D eigenvalue weighted by Gasteiger charge is -2.25. The van der Waals surface area contributed by atoms with Gasteiger partial charge in [0, 0.05) is 24.2 Å². The van der Waals surface area contributed by atoms with E-state index in [-0.39, 0.29) is 24.5 Å². The van der Waals surface area contributed by atoms with Crippen molar-refractivity contribution in [2.24, 2.45) is 23.7 Å². The minimum atomic E-state index is -5.92. The van der Waals surface area contributed by atoms with E-state index in [1.807, 2.05) is 0 Å². The molecule has 9 N–H and O–H groups in total. The van der Waals surface area contributed by atoms with Gasteiger partial charge < -0.3 is 35.1 Å². The topological polar surface area (TPSA) is 342 Å². The van der Waals surface area contributed by atoms with Gasteiger partial charge in [0.1, 0.15) is 12.2 Å². The number of hydrogen-bond donors (Lipinski definition) is 9. The highest BCUT2D eigenvalue weighted by Gasteiger charge is 2.73. The van der Waals surface area contributed by atoms with Crippen molar-refractivity contribution in [1.82, 2.24) is 19.1 Å². The van der Waals surface area contributed by atoms with Gasteiger partial charge in [0.05, 0.1) is 50.7 Å². The van der Waals surface area contributed by atoms with Crippen molar-refractivity contribution < 1.29 is 76.1 Å². The van der Waals surface area contributed by atoms with E-state index in [1.165, 1.54) is 38.7 Å². The average Bonchev–Trinajstić information content (AvgIpc) is 3.91. The molecule has 2 heterocycles. The van der Waals surface area contributed by atoms with Crippen LogP contribution in [-0.2, 0) is 52.1 Å². The third-order valence-electron chi connectivity index (χ3n) is 9.83. The Kier molecular flexibility index (Phi) is 10.1. The van der Waals surface area contributed by atoms with E-state index in [1.54, 1.807) is 0 Å². The molecule has 4 aliphatic rings. The van der Waals surface area contributed by atoms with Crippen molar-refractivity contribution in [2.45, 2.75) is 48.3 Å². The van der Waals surface area contributed by atoms with Crippen LogP contribution in [0.5, 0.6) is 0 Å². The molecule has 2 aromatic heterocycles. The van der Waals surface area contributed by atoms with Crippen LogP contribution in [0.2, 0.25) is 0 Å². The number of hydrogen-bond acceptors (Lipinski definition) is 19. The van der Waals surface area contributed by atoms with Crippen LogP contribution in [0, 0.1) is 23.7 Å². The predicted octanol–water partition coefficient (Wildman–Crippen LogP) is -2.05. The number of phosphoric acid groups is 3. The largest absolute Gasteiger partial charge is 0.490 e. The van der Waals surface area contributed by atoms with Crippen molar-refractivity contribution in [1.29, 1.82) is 0 Å². The summed E-state index contributed by atoms with van der Waals surface area (Å²) in [7, 11) is -14.5. The molecule has 6 rings (SSSR count). The SMILES string of the molecule is CONc1ccn([C@]23C[C@H]2[C@H](COP(=O)(O)OP(=O)(O)OP(=O)(O)OC[C@@H]2[C@@H](O)[C@@H](O)[C@@]4(n5ccc(NOC)nc5=O)C[C@@H]24)[C@@H](O)[C@H]3O)c(=O)n1. The van der Waals surface area contributed by atoms with Crippen molar-refractivity contribution >= 4 is 35.1 Å². The number of phosphoric ester groups is 2. The van der Waals surface area contributed by atoms with Gasteiger partial charge in [0.15, 0.2) is 11.6 Å². The minimum absolute atomic E-state index is 0.0706. The zero-order valence-corrected chi connectivity index (χ0v) is 29.2. The van der Waals surface area contributed by atoms with E-state index < -0.39 is 107 Å². The van der Waals surface area contributed by atoms with E-state index in [0.29, 0.717) is 0 Å². The van der Waals surface area contributed by atoms with Gasteiger partial charge in [-0.15, -0.1) is 0 Å². The second-order valence-corrected chi connectivity index (χ2v) is 17.1. The van der Waals surface area contributed by atoms with Gasteiger partial charge in [0.25, 0.3) is 0 Å². The molecule has 0 amide bonds. The van der Waals surface area contributed by atoms with Gasteiger partial charge in [-0.3, -0.25) is 27.9 Å². The van der Waals surface area contributed by atoms with Gasteiger partial charge in [-0.05, 0) is 36.8 Å². The zero-order chi connectivity index (χ0) is 37.3. The highest BCUT2D eigenvalue weighted by molar-refractivity contribution is 7.66. The molecule has 24 nitrogen and oxygen atoms in total. The summed E-state index contributed by atoms with van der Waals surface area (Å²) in [5.74, 6) is -3.39. The average molecular weight is 788 g/mol. The first-order valence-corrected chi connectivity index (χ1v) is 19.5. The molecule has 2 aromatic rings. The standard InChI is InChI=1S/C24H35N6O18P3/c1-43-27-15-3-5-29(21(35)25-15)23-7-13(23)11(17(31)19(23)33)9-45-49(37,38)47-51(41,42)48-50(39,40)46-10-12-14-8-24(14,20(34)18(12)32)30-6-4-16(28-44-2)26-22(30)36/h3-6,11-14,17-20,31-34H,7-10H2,1-2H3,(H,37,38)(H,39,40)(H,41,42)(H,25,27,35)(H,26,28,36)/t11-,12-,13-,14-,17+,18+,19+,20+,23+,24+/m0/s1. The van der Waals surface area contributed by atoms with Crippen molar-refractivity contribution in [3.63, 3.8) is 0 Å². The van der Waals surface area contributed by atoms with Gasteiger partial charge >= 0.3 is 34.8 Å². The Hall–Kier alpha value is -2.47. The Bertz CT molecular complexity index is 1800. The molecule has 0 spiro atoms. The molecule has 27 heteroatoms. The summed E-state index contributed by atoms with van der Waals surface area (Å²) in [4.78, 5) is 72.5. The first-order chi connectivity index (χ1) is 23.8. The summed E-state index contributed by atoms with van der Waals surface area (Å²) in [6.45, 7) is -1.68. The maximum Gasteiger partial charge on any atom is 0.490 e. The van der Waals surface area contributed by atoms with Crippen molar-refractivity contribution in [2.75, 3.05) is 38.4 Å². The molecule has 4 fully saturated rings. The highest BCUT2D eigenvalue weighted by atomic mass is 31.3. The number of aliphatic hydroxyl groups is 4.